The van der Waals surface area contributed by atoms with Crippen molar-refractivity contribution in [3.8, 4) is 0 Å². The molecule has 0 amide bonds. The maximum Gasteiger partial charge on any atom is 0.125 e. The molecule has 0 aliphatic carbocycles. The van der Waals surface area contributed by atoms with Crippen molar-refractivity contribution in [1.82, 2.24) is 4.37 Å². The van der Waals surface area contributed by atoms with Crippen molar-refractivity contribution in [3.05, 3.63) is 11.2 Å². The van der Waals surface area contributed by atoms with Gasteiger partial charge in [-0.25, -0.2) is 0 Å². The molecule has 7 heavy (non-hydrogen) atoms. The van der Waals surface area contributed by atoms with Gasteiger partial charge in [-0.05, 0) is 11.5 Å². The summed E-state index contributed by atoms with van der Waals surface area (Å²) in [5.74, 6) is 0. The minimum atomic E-state index is 0.546. The number of nitrogens with zero attached hydrogens (tertiary/aromatic N) is 1. The van der Waals surface area contributed by atoms with Crippen molar-refractivity contribution in [3.63, 3.8) is 0 Å². The monoisotopic (exact) mass is 134 g/mol. The third-order valence-electron chi connectivity index (χ3n) is 0.552. The molecule has 1 rings (SSSR count). The molecule has 4 heteroatoms. The molecule has 0 atom stereocenters. The molecule has 0 aliphatic heterocycles. The van der Waals surface area contributed by atoms with E-state index >= 15 is 0 Å². The summed E-state index contributed by atoms with van der Waals surface area (Å²) in [4.78, 5) is 0. The number of aromatic nitrogens is 1. The standard InChI is InChI=1S/C3H3ClN2S/c4-2-1-6-7-3(2)5/h1H,5H2. The summed E-state index contributed by atoms with van der Waals surface area (Å²) in [7, 11) is 0. The van der Waals surface area contributed by atoms with Crippen LogP contribution in [0.25, 0.3) is 0 Å². The summed E-state index contributed by atoms with van der Waals surface area (Å²) in [5.41, 5.74) is 5.26. The van der Waals surface area contributed by atoms with Crippen LogP contribution in [-0.2, 0) is 0 Å². The highest BCUT2D eigenvalue weighted by Crippen LogP contribution is 2.20. The summed E-state index contributed by atoms with van der Waals surface area (Å²) in [5, 5.41) is 1.13. The van der Waals surface area contributed by atoms with Crippen molar-refractivity contribution >= 4 is 28.1 Å². The summed E-state index contributed by atoms with van der Waals surface area (Å²) in [6.07, 6.45) is 1.53. The number of hydrogen-bond donors (Lipinski definition) is 1. The molecule has 0 aromatic carbocycles. The Balaban J connectivity index is 3.12. The zero-order chi connectivity index (χ0) is 5.28. The van der Waals surface area contributed by atoms with Crippen molar-refractivity contribution in [2.24, 2.45) is 0 Å². The normalized spacial score (nSPS) is 9.29. The molecule has 0 spiro atoms. The summed E-state index contributed by atoms with van der Waals surface area (Å²) in [6, 6.07) is 0. The predicted octanol–water partition coefficient (Wildman–Crippen LogP) is 1.38. The lowest BCUT2D eigenvalue weighted by atomic mass is 10.7. The van der Waals surface area contributed by atoms with Crippen molar-refractivity contribution in [2.45, 2.75) is 0 Å². The van der Waals surface area contributed by atoms with Gasteiger partial charge in [0.2, 0.25) is 0 Å². The highest BCUT2D eigenvalue weighted by molar-refractivity contribution is 7.10. The van der Waals surface area contributed by atoms with Crippen LogP contribution in [0.2, 0.25) is 5.02 Å². The van der Waals surface area contributed by atoms with Gasteiger partial charge in [-0.2, -0.15) is 4.37 Å². The van der Waals surface area contributed by atoms with Crippen LogP contribution in [-0.4, -0.2) is 4.37 Å². The van der Waals surface area contributed by atoms with Crippen LogP contribution in [0.15, 0.2) is 6.20 Å². The van der Waals surface area contributed by atoms with Gasteiger partial charge >= 0.3 is 0 Å². The number of nitrogen functional groups attached to an aromatic ring is 1. The quantitative estimate of drug-likeness (QED) is 0.582. The lowest BCUT2D eigenvalue weighted by Crippen LogP contribution is -1.75. The average molecular weight is 135 g/mol. The predicted molar refractivity (Wildman–Crippen MR) is 31.5 cm³/mol. The van der Waals surface area contributed by atoms with Gasteiger partial charge in [0.1, 0.15) is 5.00 Å². The van der Waals surface area contributed by atoms with Gasteiger partial charge in [-0.3, -0.25) is 0 Å². The van der Waals surface area contributed by atoms with E-state index in [1.165, 1.54) is 17.7 Å². The van der Waals surface area contributed by atoms with Crippen molar-refractivity contribution in [2.75, 3.05) is 5.73 Å². The molecule has 38 valence electrons. The molecule has 0 bridgehead atoms. The topological polar surface area (TPSA) is 38.9 Å². The van der Waals surface area contributed by atoms with Crippen LogP contribution in [0.3, 0.4) is 0 Å². The van der Waals surface area contributed by atoms with E-state index in [4.69, 9.17) is 17.3 Å². The Labute approximate surface area is 50.1 Å². The fourth-order valence-corrected chi connectivity index (χ4v) is 0.858. The van der Waals surface area contributed by atoms with Crippen LogP contribution in [0, 0.1) is 0 Å². The molecule has 2 N–H and O–H groups in total. The minimum Gasteiger partial charge on any atom is -0.388 e. The number of rotatable bonds is 0. The Morgan fingerprint density at radius 2 is 2.57 bits per heavy atom. The van der Waals surface area contributed by atoms with Gasteiger partial charge in [0.05, 0.1) is 11.2 Å². The minimum absolute atomic E-state index is 0.546. The molecule has 0 fully saturated rings. The highest BCUT2D eigenvalue weighted by Gasteiger charge is 1.92. The van der Waals surface area contributed by atoms with E-state index in [1.807, 2.05) is 0 Å². The second-order valence-corrected chi connectivity index (χ2v) is 2.28. The zero-order valence-electron chi connectivity index (χ0n) is 3.39. The summed E-state index contributed by atoms with van der Waals surface area (Å²) in [6.45, 7) is 0. The summed E-state index contributed by atoms with van der Waals surface area (Å²) >= 11 is 6.65. The van der Waals surface area contributed by atoms with E-state index in [1.54, 1.807) is 0 Å². The van der Waals surface area contributed by atoms with Gasteiger partial charge in [-0.15, -0.1) is 0 Å². The fourth-order valence-electron chi connectivity index (χ4n) is 0.237. The maximum absolute atomic E-state index is 5.45. The molecule has 0 radical (unpaired) electrons. The average Bonchev–Trinajstić information content (AvgIpc) is 1.91. The smallest absolute Gasteiger partial charge is 0.125 e. The zero-order valence-corrected chi connectivity index (χ0v) is 4.96. The number of hydrogen-bond acceptors (Lipinski definition) is 3. The molecular weight excluding hydrogens is 132 g/mol. The first-order valence-corrected chi connectivity index (χ1v) is 2.81. The Morgan fingerprint density at radius 1 is 1.86 bits per heavy atom. The number of halogens is 1. The lowest BCUT2D eigenvalue weighted by Gasteiger charge is -1.75. The Kier molecular flexibility index (Phi) is 1.17. The van der Waals surface area contributed by atoms with Gasteiger partial charge in [0, 0.05) is 0 Å². The van der Waals surface area contributed by atoms with E-state index in [0.29, 0.717) is 10.0 Å². The van der Waals surface area contributed by atoms with Crippen LogP contribution in [0.4, 0.5) is 5.00 Å². The van der Waals surface area contributed by atoms with E-state index in [-0.39, 0.29) is 0 Å². The van der Waals surface area contributed by atoms with E-state index in [0.717, 1.165) is 0 Å². The van der Waals surface area contributed by atoms with E-state index in [9.17, 15) is 0 Å². The molecule has 1 aromatic heterocycles. The molecule has 1 heterocycles. The highest BCUT2D eigenvalue weighted by atomic mass is 35.5. The SMILES string of the molecule is Nc1sncc1Cl. The van der Waals surface area contributed by atoms with Crippen molar-refractivity contribution < 1.29 is 0 Å². The van der Waals surface area contributed by atoms with Crippen molar-refractivity contribution in [1.29, 1.82) is 0 Å². The van der Waals surface area contributed by atoms with Gasteiger partial charge < -0.3 is 5.73 Å². The third kappa shape index (κ3) is 0.838. The fraction of sp³-hybridized carbons (Fsp3) is 0. The first-order valence-electron chi connectivity index (χ1n) is 1.66. The first-order chi connectivity index (χ1) is 3.30. The largest absolute Gasteiger partial charge is 0.388 e. The Morgan fingerprint density at radius 3 is 2.71 bits per heavy atom. The molecule has 0 aliphatic rings. The number of nitrogens with two attached hydrogens (primary N) is 1. The van der Waals surface area contributed by atoms with Crippen LogP contribution in [0.1, 0.15) is 0 Å². The lowest BCUT2D eigenvalue weighted by molar-refractivity contribution is 1.58. The second-order valence-electron chi connectivity index (χ2n) is 1.04. The Bertz CT molecular complexity index is 145. The molecule has 0 saturated carbocycles. The second kappa shape index (κ2) is 1.68. The van der Waals surface area contributed by atoms with E-state index in [2.05, 4.69) is 4.37 Å². The van der Waals surface area contributed by atoms with Crippen LogP contribution >= 0.6 is 23.1 Å². The third-order valence-corrected chi connectivity index (χ3v) is 1.59. The molecule has 0 saturated heterocycles. The van der Waals surface area contributed by atoms with Gasteiger partial charge in [-0.1, -0.05) is 11.6 Å². The van der Waals surface area contributed by atoms with Crippen LogP contribution in [0.5, 0.6) is 0 Å². The van der Waals surface area contributed by atoms with Gasteiger partial charge in [0.15, 0.2) is 0 Å². The van der Waals surface area contributed by atoms with Crippen LogP contribution < -0.4 is 5.73 Å². The molecule has 2 nitrogen and oxygen atoms in total. The molecule has 0 unspecified atom stereocenters. The molecular formula is C3H3ClN2S. The van der Waals surface area contributed by atoms with Gasteiger partial charge in [0.25, 0.3) is 0 Å². The molecule has 1 aromatic rings. The maximum atomic E-state index is 5.45. The van der Waals surface area contributed by atoms with E-state index < -0.39 is 0 Å². The summed E-state index contributed by atoms with van der Waals surface area (Å²) < 4.78 is 3.71. The first kappa shape index (κ1) is 4.87. The Hall–Kier alpha value is -0.280. The number of anilines is 1.